The molecule has 2 amide bonds. The summed E-state index contributed by atoms with van der Waals surface area (Å²) in [6.07, 6.45) is -1.08. The highest BCUT2D eigenvalue weighted by atomic mass is 16.5. The van der Waals surface area contributed by atoms with Crippen molar-refractivity contribution in [1.29, 1.82) is 0 Å². The third kappa shape index (κ3) is 8.35. The van der Waals surface area contributed by atoms with Gasteiger partial charge in [0.1, 0.15) is 19.2 Å². The number of carboxylic acid groups (broad SMARTS) is 1. The molecule has 136 valence electrons. The standard InChI is InChI=1S/C16H20N2O7/c1-24-14(20)8-7-12(15(21)22)18-13(19)9-17-16(23)25-10-11-5-3-2-4-6-11/h2-6,12H,7-10H2,1H3,(H,17,23)(H,18,19)(H,21,22)/t12-/m0/s1. The van der Waals surface area contributed by atoms with Gasteiger partial charge in [0.2, 0.25) is 5.91 Å². The van der Waals surface area contributed by atoms with E-state index >= 15 is 0 Å². The Morgan fingerprint density at radius 1 is 1.16 bits per heavy atom. The first-order valence-electron chi connectivity index (χ1n) is 7.46. The predicted molar refractivity (Wildman–Crippen MR) is 85.4 cm³/mol. The largest absolute Gasteiger partial charge is 0.480 e. The van der Waals surface area contributed by atoms with E-state index in [4.69, 9.17) is 9.84 Å². The summed E-state index contributed by atoms with van der Waals surface area (Å²) < 4.78 is 9.33. The number of esters is 1. The molecule has 0 saturated heterocycles. The molecule has 1 aromatic carbocycles. The number of carbonyl (C=O) groups is 4. The summed E-state index contributed by atoms with van der Waals surface area (Å²) >= 11 is 0. The molecule has 0 radical (unpaired) electrons. The molecule has 0 bridgehead atoms. The lowest BCUT2D eigenvalue weighted by Crippen LogP contribution is -2.45. The molecule has 1 atom stereocenters. The molecule has 0 saturated carbocycles. The second kappa shape index (κ2) is 10.6. The number of rotatable bonds is 9. The van der Waals surface area contributed by atoms with Gasteiger partial charge in [-0.1, -0.05) is 30.3 Å². The van der Waals surface area contributed by atoms with E-state index in [2.05, 4.69) is 15.4 Å². The van der Waals surface area contributed by atoms with Crippen molar-refractivity contribution in [3.05, 3.63) is 35.9 Å². The zero-order chi connectivity index (χ0) is 18.7. The van der Waals surface area contributed by atoms with Crippen LogP contribution in [0.15, 0.2) is 30.3 Å². The van der Waals surface area contributed by atoms with Crippen molar-refractivity contribution in [2.75, 3.05) is 13.7 Å². The normalized spacial score (nSPS) is 11.1. The lowest BCUT2D eigenvalue weighted by atomic mass is 10.1. The lowest BCUT2D eigenvalue weighted by molar-refractivity contribution is -0.144. The molecule has 0 heterocycles. The Kier molecular flexibility index (Phi) is 8.48. The predicted octanol–water partition coefficient (Wildman–Crippen LogP) is 0.435. The average molecular weight is 352 g/mol. The number of nitrogens with one attached hydrogen (secondary N) is 2. The smallest absolute Gasteiger partial charge is 0.407 e. The fourth-order valence-electron chi connectivity index (χ4n) is 1.79. The van der Waals surface area contributed by atoms with E-state index in [1.165, 1.54) is 7.11 Å². The first-order valence-corrected chi connectivity index (χ1v) is 7.46. The maximum Gasteiger partial charge on any atom is 0.407 e. The Labute approximate surface area is 144 Å². The highest BCUT2D eigenvalue weighted by molar-refractivity contribution is 5.86. The van der Waals surface area contributed by atoms with Gasteiger partial charge in [-0.05, 0) is 12.0 Å². The van der Waals surface area contributed by atoms with E-state index in [9.17, 15) is 19.2 Å². The maximum atomic E-state index is 11.7. The van der Waals surface area contributed by atoms with Gasteiger partial charge in [0.25, 0.3) is 0 Å². The molecule has 1 rings (SSSR count). The van der Waals surface area contributed by atoms with Crippen LogP contribution >= 0.6 is 0 Å². The van der Waals surface area contributed by atoms with Crippen LogP contribution in [0, 0.1) is 0 Å². The fourth-order valence-corrected chi connectivity index (χ4v) is 1.79. The number of amides is 2. The number of hydrogen-bond donors (Lipinski definition) is 3. The van der Waals surface area contributed by atoms with E-state index in [1.54, 1.807) is 24.3 Å². The van der Waals surface area contributed by atoms with Crippen LogP contribution < -0.4 is 10.6 Å². The minimum Gasteiger partial charge on any atom is -0.480 e. The highest BCUT2D eigenvalue weighted by Crippen LogP contribution is 2.01. The lowest BCUT2D eigenvalue weighted by Gasteiger charge is -2.14. The van der Waals surface area contributed by atoms with Crippen LogP contribution in [-0.4, -0.2) is 48.7 Å². The second-order valence-electron chi connectivity index (χ2n) is 4.99. The molecule has 9 heteroatoms. The van der Waals surface area contributed by atoms with E-state index in [-0.39, 0.29) is 19.4 Å². The van der Waals surface area contributed by atoms with Gasteiger partial charge < -0.3 is 25.2 Å². The summed E-state index contributed by atoms with van der Waals surface area (Å²) in [5, 5.41) is 13.4. The summed E-state index contributed by atoms with van der Waals surface area (Å²) in [5.41, 5.74) is 0.788. The van der Waals surface area contributed by atoms with Crippen molar-refractivity contribution in [2.45, 2.75) is 25.5 Å². The van der Waals surface area contributed by atoms with Crippen molar-refractivity contribution in [3.8, 4) is 0 Å². The molecule has 1 aromatic rings. The number of carbonyl (C=O) groups excluding carboxylic acids is 3. The van der Waals surface area contributed by atoms with Crippen LogP contribution in [0.5, 0.6) is 0 Å². The molecule has 0 aliphatic carbocycles. The topological polar surface area (TPSA) is 131 Å². The van der Waals surface area contributed by atoms with Crippen LogP contribution in [0.4, 0.5) is 4.79 Å². The van der Waals surface area contributed by atoms with E-state index in [0.717, 1.165) is 5.56 Å². The molecule has 9 nitrogen and oxygen atoms in total. The SMILES string of the molecule is COC(=O)CC[C@H](NC(=O)CNC(=O)OCc1ccccc1)C(=O)O. The molecule has 3 N–H and O–H groups in total. The zero-order valence-corrected chi connectivity index (χ0v) is 13.7. The zero-order valence-electron chi connectivity index (χ0n) is 13.7. The number of alkyl carbamates (subject to hydrolysis) is 1. The molecule has 0 fully saturated rings. The molecule has 0 aliphatic rings. The van der Waals surface area contributed by atoms with Gasteiger partial charge in [0.15, 0.2) is 0 Å². The average Bonchev–Trinajstić information content (AvgIpc) is 2.61. The van der Waals surface area contributed by atoms with Gasteiger partial charge in [0, 0.05) is 6.42 Å². The number of ether oxygens (including phenoxy) is 2. The van der Waals surface area contributed by atoms with Gasteiger partial charge in [-0.15, -0.1) is 0 Å². The third-order valence-electron chi connectivity index (χ3n) is 3.10. The quantitative estimate of drug-likeness (QED) is 0.549. The second-order valence-corrected chi connectivity index (χ2v) is 4.99. The van der Waals surface area contributed by atoms with Crippen LogP contribution in [0.3, 0.4) is 0 Å². The third-order valence-corrected chi connectivity index (χ3v) is 3.10. The summed E-state index contributed by atoms with van der Waals surface area (Å²) in [6, 6.07) is 7.72. The Hall–Kier alpha value is -3.10. The van der Waals surface area contributed by atoms with Crippen LogP contribution in [-0.2, 0) is 30.5 Å². The molecule has 25 heavy (non-hydrogen) atoms. The highest BCUT2D eigenvalue weighted by Gasteiger charge is 2.21. The number of methoxy groups -OCH3 is 1. The van der Waals surface area contributed by atoms with E-state index < -0.39 is 36.5 Å². The summed E-state index contributed by atoms with van der Waals surface area (Å²) in [6.45, 7) is -0.402. The van der Waals surface area contributed by atoms with E-state index in [0.29, 0.717) is 0 Å². The summed E-state index contributed by atoms with van der Waals surface area (Å²) in [5.74, 6) is -2.58. The van der Waals surface area contributed by atoms with Gasteiger partial charge >= 0.3 is 18.0 Å². The molecule has 0 unspecified atom stereocenters. The Balaban J connectivity index is 2.32. The monoisotopic (exact) mass is 352 g/mol. The fraction of sp³-hybridized carbons (Fsp3) is 0.375. The number of benzene rings is 1. The van der Waals surface area contributed by atoms with Crippen LogP contribution in [0.25, 0.3) is 0 Å². The minimum absolute atomic E-state index is 0.0468. The molecule has 0 aromatic heterocycles. The van der Waals surface area contributed by atoms with Gasteiger partial charge in [-0.3, -0.25) is 9.59 Å². The number of hydrogen-bond acceptors (Lipinski definition) is 6. The summed E-state index contributed by atoms with van der Waals surface area (Å²) in [4.78, 5) is 45.3. The number of aliphatic carboxylic acids is 1. The van der Waals surface area contributed by atoms with Gasteiger partial charge in [0.05, 0.1) is 7.11 Å². The first-order chi connectivity index (χ1) is 11.9. The van der Waals surface area contributed by atoms with Crippen molar-refractivity contribution in [3.63, 3.8) is 0 Å². The van der Waals surface area contributed by atoms with Crippen LogP contribution in [0.2, 0.25) is 0 Å². The van der Waals surface area contributed by atoms with Gasteiger partial charge in [-0.25, -0.2) is 9.59 Å². The van der Waals surface area contributed by atoms with E-state index in [1.807, 2.05) is 6.07 Å². The van der Waals surface area contributed by atoms with Crippen LogP contribution in [0.1, 0.15) is 18.4 Å². The van der Waals surface area contributed by atoms with Crippen molar-refractivity contribution >= 4 is 23.9 Å². The Bertz CT molecular complexity index is 604. The first kappa shape index (κ1) is 19.9. The minimum atomic E-state index is -1.29. The molecule has 0 spiro atoms. The summed E-state index contributed by atoms with van der Waals surface area (Å²) in [7, 11) is 1.18. The number of carboxylic acids is 1. The molecular weight excluding hydrogens is 332 g/mol. The van der Waals surface area contributed by atoms with Gasteiger partial charge in [-0.2, -0.15) is 0 Å². The van der Waals surface area contributed by atoms with Crippen molar-refractivity contribution in [2.24, 2.45) is 0 Å². The molecular formula is C16H20N2O7. The Morgan fingerprint density at radius 2 is 1.84 bits per heavy atom. The molecule has 0 aliphatic heterocycles. The van der Waals surface area contributed by atoms with Crippen molar-refractivity contribution in [1.82, 2.24) is 10.6 Å². The Morgan fingerprint density at radius 3 is 2.44 bits per heavy atom. The van der Waals surface area contributed by atoms with Crippen molar-refractivity contribution < 1.29 is 33.8 Å². The maximum absolute atomic E-state index is 11.7.